The number of carbonyl (C=O) groups is 1. The smallest absolute Gasteiger partial charge is 0.331 e. The van der Waals surface area contributed by atoms with Crippen LogP contribution in [0.15, 0.2) is 0 Å². The molecule has 1 fully saturated rings. The van der Waals surface area contributed by atoms with Crippen molar-refractivity contribution in [2.24, 2.45) is 0 Å². The maximum Gasteiger partial charge on any atom is 0.471 e. The Morgan fingerprint density at radius 1 is 1.38 bits per heavy atom. The van der Waals surface area contributed by atoms with Crippen LogP contribution in [0.4, 0.5) is 13.2 Å². The first kappa shape index (κ1) is 13.3. The minimum atomic E-state index is -4.75. The van der Waals surface area contributed by atoms with Crippen LogP contribution in [0.25, 0.3) is 0 Å². The van der Waals surface area contributed by atoms with Crippen molar-refractivity contribution in [3.8, 4) is 0 Å². The highest BCUT2D eigenvalue weighted by Gasteiger charge is 2.44. The highest BCUT2D eigenvalue weighted by molar-refractivity contribution is 5.82. The predicted octanol–water partition coefficient (Wildman–Crippen LogP) is 1.49. The molecule has 3 nitrogen and oxygen atoms in total. The van der Waals surface area contributed by atoms with Crippen molar-refractivity contribution in [3.05, 3.63) is 0 Å². The summed E-state index contributed by atoms with van der Waals surface area (Å²) < 4.78 is 37.1. The number of amides is 1. The molecule has 0 saturated carbocycles. The van der Waals surface area contributed by atoms with Crippen LogP contribution >= 0.6 is 0 Å². The molecule has 0 radical (unpaired) electrons. The first-order valence-electron chi connectivity index (χ1n) is 5.42. The standard InChI is InChI=1S/C10H17F3N2O/c1-3-8-7-14(2)5-4-6-15(8)9(16)10(11,12)13/h8H,3-7H2,1-2H3. The molecule has 0 aromatic carbocycles. The van der Waals surface area contributed by atoms with Gasteiger partial charge in [-0.1, -0.05) is 6.92 Å². The monoisotopic (exact) mass is 238 g/mol. The van der Waals surface area contributed by atoms with Crippen molar-refractivity contribution in [2.75, 3.05) is 26.7 Å². The Labute approximate surface area is 93.2 Å². The summed E-state index contributed by atoms with van der Waals surface area (Å²) in [5, 5.41) is 0. The molecule has 16 heavy (non-hydrogen) atoms. The van der Waals surface area contributed by atoms with Gasteiger partial charge >= 0.3 is 12.1 Å². The number of hydrogen-bond donors (Lipinski definition) is 0. The molecule has 0 aliphatic carbocycles. The first-order chi connectivity index (χ1) is 7.36. The third kappa shape index (κ3) is 3.10. The van der Waals surface area contributed by atoms with Crippen LogP contribution < -0.4 is 0 Å². The number of alkyl halides is 3. The second kappa shape index (κ2) is 5.03. The van der Waals surface area contributed by atoms with E-state index in [0.717, 1.165) is 11.4 Å². The Bertz CT molecular complexity index is 255. The Morgan fingerprint density at radius 3 is 2.50 bits per heavy atom. The first-order valence-corrected chi connectivity index (χ1v) is 5.42. The van der Waals surface area contributed by atoms with Gasteiger partial charge in [-0.2, -0.15) is 13.2 Å². The second-order valence-corrected chi connectivity index (χ2v) is 4.17. The molecule has 0 N–H and O–H groups in total. The summed E-state index contributed by atoms with van der Waals surface area (Å²) in [7, 11) is 1.87. The molecular weight excluding hydrogens is 221 g/mol. The van der Waals surface area contributed by atoms with Gasteiger partial charge in [0, 0.05) is 19.1 Å². The van der Waals surface area contributed by atoms with Crippen molar-refractivity contribution in [1.29, 1.82) is 0 Å². The Balaban J connectivity index is 2.79. The zero-order chi connectivity index (χ0) is 12.3. The molecule has 1 aliphatic rings. The Kier molecular flexibility index (Phi) is 4.18. The quantitative estimate of drug-likeness (QED) is 0.691. The van der Waals surface area contributed by atoms with Crippen LogP contribution in [0.2, 0.25) is 0 Å². The lowest BCUT2D eigenvalue weighted by Crippen LogP contribution is -2.49. The summed E-state index contributed by atoms with van der Waals surface area (Å²) in [5.74, 6) is -1.70. The zero-order valence-electron chi connectivity index (χ0n) is 9.55. The fourth-order valence-electron chi connectivity index (χ4n) is 2.02. The average Bonchev–Trinajstić information content (AvgIpc) is 2.36. The van der Waals surface area contributed by atoms with Gasteiger partial charge in [-0.3, -0.25) is 4.79 Å². The number of carbonyl (C=O) groups excluding carboxylic acids is 1. The summed E-state index contributed by atoms with van der Waals surface area (Å²) in [6.45, 7) is 3.25. The maximum atomic E-state index is 12.4. The molecule has 1 atom stereocenters. The van der Waals surface area contributed by atoms with Crippen molar-refractivity contribution >= 4 is 5.91 Å². The summed E-state index contributed by atoms with van der Waals surface area (Å²) in [6.07, 6.45) is -3.61. The van der Waals surface area contributed by atoms with E-state index in [9.17, 15) is 18.0 Å². The van der Waals surface area contributed by atoms with Gasteiger partial charge in [-0.15, -0.1) is 0 Å². The van der Waals surface area contributed by atoms with Crippen LogP contribution in [0.1, 0.15) is 19.8 Å². The van der Waals surface area contributed by atoms with Gasteiger partial charge < -0.3 is 9.80 Å². The predicted molar refractivity (Wildman–Crippen MR) is 54.0 cm³/mol. The summed E-state index contributed by atoms with van der Waals surface area (Å²) in [6, 6.07) is -0.332. The van der Waals surface area contributed by atoms with Gasteiger partial charge in [0.25, 0.3) is 0 Å². The normalized spacial score (nSPS) is 24.3. The minimum Gasteiger partial charge on any atom is -0.331 e. The lowest BCUT2D eigenvalue weighted by molar-refractivity contribution is -0.187. The lowest BCUT2D eigenvalue weighted by atomic mass is 10.2. The largest absolute Gasteiger partial charge is 0.471 e. The van der Waals surface area contributed by atoms with Crippen molar-refractivity contribution in [3.63, 3.8) is 0 Å². The highest BCUT2D eigenvalue weighted by atomic mass is 19.4. The van der Waals surface area contributed by atoms with Gasteiger partial charge in [0.2, 0.25) is 0 Å². The van der Waals surface area contributed by atoms with Crippen LogP contribution in [-0.4, -0.2) is 54.6 Å². The number of nitrogens with zero attached hydrogens (tertiary/aromatic N) is 2. The molecule has 94 valence electrons. The lowest BCUT2D eigenvalue weighted by Gasteiger charge is -2.30. The molecule has 0 bridgehead atoms. The molecule has 0 spiro atoms. The van der Waals surface area contributed by atoms with Gasteiger partial charge in [-0.25, -0.2) is 0 Å². The maximum absolute atomic E-state index is 12.4. The summed E-state index contributed by atoms with van der Waals surface area (Å²) >= 11 is 0. The van der Waals surface area contributed by atoms with Crippen molar-refractivity contribution in [1.82, 2.24) is 9.80 Å². The van der Waals surface area contributed by atoms with E-state index < -0.39 is 12.1 Å². The van der Waals surface area contributed by atoms with Gasteiger partial charge in [0.05, 0.1) is 0 Å². The number of rotatable bonds is 1. The molecular formula is C10H17F3N2O. The summed E-state index contributed by atoms with van der Waals surface area (Å²) in [5.41, 5.74) is 0. The molecule has 1 amide bonds. The van der Waals surface area contributed by atoms with E-state index in [4.69, 9.17) is 0 Å². The SMILES string of the molecule is CCC1CN(C)CCCN1C(=O)C(F)(F)F. The Morgan fingerprint density at radius 2 is 2.00 bits per heavy atom. The van der Waals surface area contributed by atoms with E-state index in [-0.39, 0.29) is 12.6 Å². The van der Waals surface area contributed by atoms with Crippen LogP contribution in [0.5, 0.6) is 0 Å². The molecule has 6 heteroatoms. The van der Waals surface area contributed by atoms with Crippen LogP contribution in [0, 0.1) is 0 Å². The number of hydrogen-bond acceptors (Lipinski definition) is 2. The van der Waals surface area contributed by atoms with E-state index in [2.05, 4.69) is 0 Å². The third-order valence-corrected chi connectivity index (χ3v) is 2.88. The molecule has 0 aromatic heterocycles. The van der Waals surface area contributed by atoms with Gasteiger partial charge in [0.15, 0.2) is 0 Å². The fraction of sp³-hybridized carbons (Fsp3) is 0.900. The number of likely N-dealkylation sites (N-methyl/N-ethyl adjacent to an activating group) is 1. The van der Waals surface area contributed by atoms with E-state index in [0.29, 0.717) is 19.4 Å². The third-order valence-electron chi connectivity index (χ3n) is 2.88. The van der Waals surface area contributed by atoms with Gasteiger partial charge in [-0.05, 0) is 26.4 Å². The van der Waals surface area contributed by atoms with Crippen LogP contribution in [-0.2, 0) is 4.79 Å². The number of halogens is 3. The van der Waals surface area contributed by atoms with E-state index >= 15 is 0 Å². The van der Waals surface area contributed by atoms with Crippen LogP contribution in [0.3, 0.4) is 0 Å². The molecule has 1 unspecified atom stereocenters. The van der Waals surface area contributed by atoms with Crippen molar-refractivity contribution < 1.29 is 18.0 Å². The van der Waals surface area contributed by atoms with E-state index in [1.54, 1.807) is 6.92 Å². The van der Waals surface area contributed by atoms with E-state index in [1.807, 2.05) is 11.9 Å². The van der Waals surface area contributed by atoms with Gasteiger partial charge in [0.1, 0.15) is 0 Å². The van der Waals surface area contributed by atoms with Crippen molar-refractivity contribution in [2.45, 2.75) is 32.0 Å². The highest BCUT2D eigenvalue weighted by Crippen LogP contribution is 2.22. The minimum absolute atomic E-state index is 0.196. The molecule has 1 saturated heterocycles. The molecule has 1 rings (SSSR count). The Hall–Kier alpha value is -0.780. The molecule has 0 aromatic rings. The average molecular weight is 238 g/mol. The topological polar surface area (TPSA) is 23.6 Å². The summed E-state index contributed by atoms with van der Waals surface area (Å²) in [4.78, 5) is 14.2. The fourth-order valence-corrected chi connectivity index (χ4v) is 2.02. The molecule has 1 aliphatic heterocycles. The second-order valence-electron chi connectivity index (χ2n) is 4.17. The molecule has 1 heterocycles. The van der Waals surface area contributed by atoms with E-state index in [1.165, 1.54) is 0 Å². The zero-order valence-corrected chi connectivity index (χ0v) is 9.55.